The topological polar surface area (TPSA) is 40.5 Å². The summed E-state index contributed by atoms with van der Waals surface area (Å²) in [6, 6.07) is 0. The Labute approximate surface area is 80.0 Å². The fraction of sp³-hybridized carbons (Fsp3) is 1.00. The average molecular weight is 184 g/mol. The summed E-state index contributed by atoms with van der Waals surface area (Å²) in [4.78, 5) is 0. The van der Waals surface area contributed by atoms with E-state index in [-0.39, 0.29) is 23.5 Å². The van der Waals surface area contributed by atoms with Crippen LogP contribution in [0.5, 0.6) is 0 Å². The van der Waals surface area contributed by atoms with Gasteiger partial charge in [-0.3, -0.25) is 0 Å². The highest BCUT2D eigenvalue weighted by molar-refractivity contribution is 4.96. The summed E-state index contributed by atoms with van der Waals surface area (Å²) in [5, 5.41) is 19.9. The lowest BCUT2D eigenvalue weighted by Crippen LogP contribution is -2.46. The van der Waals surface area contributed by atoms with E-state index in [4.69, 9.17) is 0 Å². The Kier molecular flexibility index (Phi) is 2.37. The van der Waals surface area contributed by atoms with Gasteiger partial charge in [0.05, 0.1) is 12.2 Å². The third kappa shape index (κ3) is 1.50. The second-order valence-electron chi connectivity index (χ2n) is 5.11. The highest BCUT2D eigenvalue weighted by Gasteiger charge is 2.45. The van der Waals surface area contributed by atoms with Gasteiger partial charge in [0.15, 0.2) is 0 Å². The molecule has 2 rings (SSSR count). The number of fused-ring (bicyclic) bond motifs is 2. The van der Waals surface area contributed by atoms with Crippen molar-refractivity contribution in [3.63, 3.8) is 0 Å². The first kappa shape index (κ1) is 9.47. The van der Waals surface area contributed by atoms with Crippen LogP contribution in [-0.2, 0) is 0 Å². The molecule has 0 heterocycles. The molecule has 0 unspecified atom stereocenters. The number of hydrogen-bond donors (Lipinski definition) is 2. The molecule has 2 saturated carbocycles. The van der Waals surface area contributed by atoms with E-state index in [2.05, 4.69) is 6.92 Å². The second kappa shape index (κ2) is 3.25. The van der Waals surface area contributed by atoms with Crippen LogP contribution in [0.4, 0.5) is 0 Å². The zero-order valence-electron chi connectivity index (χ0n) is 8.37. The van der Waals surface area contributed by atoms with E-state index in [1.54, 1.807) is 0 Å². The van der Waals surface area contributed by atoms with E-state index in [0.717, 1.165) is 25.7 Å². The molecular formula is C11H20O2. The lowest BCUT2D eigenvalue weighted by atomic mass is 9.66. The Hall–Kier alpha value is -0.0800. The van der Waals surface area contributed by atoms with Crippen LogP contribution in [0.1, 0.15) is 45.4 Å². The van der Waals surface area contributed by atoms with Crippen molar-refractivity contribution in [2.45, 2.75) is 57.7 Å². The molecule has 4 atom stereocenters. The molecule has 0 aromatic heterocycles. The van der Waals surface area contributed by atoms with Crippen molar-refractivity contribution in [1.82, 2.24) is 0 Å². The van der Waals surface area contributed by atoms with Crippen LogP contribution in [0.3, 0.4) is 0 Å². The van der Waals surface area contributed by atoms with Gasteiger partial charge >= 0.3 is 0 Å². The third-order valence-corrected chi connectivity index (χ3v) is 4.16. The van der Waals surface area contributed by atoms with Crippen LogP contribution in [0.2, 0.25) is 0 Å². The summed E-state index contributed by atoms with van der Waals surface area (Å²) in [5.74, 6) is 0.154. The van der Waals surface area contributed by atoms with Gasteiger partial charge in [0.25, 0.3) is 0 Å². The lowest BCUT2D eigenvalue weighted by Gasteiger charge is -2.44. The lowest BCUT2D eigenvalue weighted by molar-refractivity contribution is -0.0962. The zero-order valence-corrected chi connectivity index (χ0v) is 8.37. The van der Waals surface area contributed by atoms with Crippen molar-refractivity contribution in [3.8, 4) is 0 Å². The molecule has 2 aliphatic carbocycles. The molecule has 2 aliphatic rings. The molecule has 0 saturated heterocycles. The van der Waals surface area contributed by atoms with Crippen LogP contribution < -0.4 is 0 Å². The molecule has 0 aliphatic heterocycles. The minimum atomic E-state index is -0.265. The maximum Gasteiger partial charge on any atom is 0.0646 e. The molecule has 76 valence electrons. The van der Waals surface area contributed by atoms with Crippen molar-refractivity contribution in [3.05, 3.63) is 0 Å². The molecule has 2 nitrogen and oxygen atoms in total. The molecule has 2 bridgehead atoms. The maximum atomic E-state index is 10.1. The van der Waals surface area contributed by atoms with E-state index in [9.17, 15) is 10.2 Å². The van der Waals surface area contributed by atoms with Crippen molar-refractivity contribution in [2.75, 3.05) is 0 Å². The Morgan fingerprint density at radius 1 is 1.08 bits per heavy atom. The van der Waals surface area contributed by atoms with Gasteiger partial charge < -0.3 is 10.2 Å². The molecule has 0 spiro atoms. The van der Waals surface area contributed by atoms with Crippen LogP contribution in [-0.4, -0.2) is 22.4 Å². The van der Waals surface area contributed by atoms with Crippen LogP contribution in [0, 0.1) is 11.3 Å². The zero-order chi connectivity index (χ0) is 9.47. The monoisotopic (exact) mass is 184 g/mol. The van der Waals surface area contributed by atoms with Gasteiger partial charge in [0, 0.05) is 5.92 Å². The van der Waals surface area contributed by atoms with Crippen molar-refractivity contribution < 1.29 is 10.2 Å². The summed E-state index contributed by atoms with van der Waals surface area (Å²) < 4.78 is 0. The number of aliphatic hydroxyl groups excluding tert-OH is 2. The first-order valence-corrected chi connectivity index (χ1v) is 5.50. The minimum absolute atomic E-state index is 0.0976. The van der Waals surface area contributed by atoms with E-state index in [0.29, 0.717) is 0 Å². The van der Waals surface area contributed by atoms with Gasteiger partial charge in [-0.1, -0.05) is 19.8 Å². The standard InChI is InChI=1S/C11H20O2/c1-11-6-3-2-4-8(10(11)13)9(12)5-7-11/h8-10,12-13H,2-7H2,1H3/t8-,9+,10-,11+/m1/s1. The first-order chi connectivity index (χ1) is 6.13. The van der Waals surface area contributed by atoms with Crippen molar-refractivity contribution in [2.24, 2.45) is 11.3 Å². The van der Waals surface area contributed by atoms with E-state index in [1.807, 2.05) is 0 Å². The fourth-order valence-corrected chi connectivity index (χ4v) is 3.10. The Bertz CT molecular complexity index is 193. The quantitative estimate of drug-likeness (QED) is 0.601. The smallest absolute Gasteiger partial charge is 0.0646 e. The average Bonchev–Trinajstić information content (AvgIpc) is 2.19. The molecule has 0 radical (unpaired) electrons. The summed E-state index contributed by atoms with van der Waals surface area (Å²) in [5.41, 5.74) is 0.0976. The molecule has 2 heteroatoms. The predicted octanol–water partition coefficient (Wildman–Crippen LogP) is 1.70. The molecule has 2 fully saturated rings. The summed E-state index contributed by atoms with van der Waals surface area (Å²) in [6.45, 7) is 2.18. The van der Waals surface area contributed by atoms with Crippen molar-refractivity contribution in [1.29, 1.82) is 0 Å². The van der Waals surface area contributed by atoms with Crippen LogP contribution >= 0.6 is 0 Å². The molecule has 0 amide bonds. The van der Waals surface area contributed by atoms with Gasteiger partial charge in [-0.25, -0.2) is 0 Å². The number of aliphatic hydroxyl groups is 2. The molecule has 0 aromatic rings. The Morgan fingerprint density at radius 3 is 2.62 bits per heavy atom. The highest BCUT2D eigenvalue weighted by Crippen LogP contribution is 2.47. The highest BCUT2D eigenvalue weighted by atomic mass is 16.3. The summed E-state index contributed by atoms with van der Waals surface area (Å²) in [7, 11) is 0. The van der Waals surface area contributed by atoms with Crippen LogP contribution in [0.25, 0.3) is 0 Å². The number of rotatable bonds is 0. The van der Waals surface area contributed by atoms with Gasteiger partial charge in [-0.15, -0.1) is 0 Å². The molecule has 0 aromatic carbocycles. The summed E-state index contributed by atoms with van der Waals surface area (Å²) in [6.07, 6.45) is 5.91. The van der Waals surface area contributed by atoms with Gasteiger partial charge in [-0.2, -0.15) is 0 Å². The van der Waals surface area contributed by atoms with E-state index < -0.39 is 0 Å². The van der Waals surface area contributed by atoms with E-state index >= 15 is 0 Å². The third-order valence-electron chi connectivity index (χ3n) is 4.16. The molecule has 2 N–H and O–H groups in total. The molecular weight excluding hydrogens is 164 g/mol. The normalized spacial score (nSPS) is 51.5. The minimum Gasteiger partial charge on any atom is -0.393 e. The predicted molar refractivity (Wildman–Crippen MR) is 51.3 cm³/mol. The second-order valence-corrected chi connectivity index (χ2v) is 5.11. The fourth-order valence-electron chi connectivity index (χ4n) is 3.10. The van der Waals surface area contributed by atoms with E-state index in [1.165, 1.54) is 12.8 Å². The van der Waals surface area contributed by atoms with Gasteiger partial charge in [-0.05, 0) is 31.1 Å². The summed E-state index contributed by atoms with van der Waals surface area (Å²) >= 11 is 0. The Balaban J connectivity index is 2.21. The van der Waals surface area contributed by atoms with Crippen molar-refractivity contribution >= 4 is 0 Å². The van der Waals surface area contributed by atoms with Gasteiger partial charge in [0.1, 0.15) is 0 Å². The number of hydrogen-bond acceptors (Lipinski definition) is 2. The first-order valence-electron chi connectivity index (χ1n) is 5.50. The SMILES string of the molecule is C[C@@]12CCCC[C@@H]([C@H]1O)[C@@H](O)CC2. The van der Waals surface area contributed by atoms with Crippen LogP contribution in [0.15, 0.2) is 0 Å². The maximum absolute atomic E-state index is 10.1. The Morgan fingerprint density at radius 2 is 1.85 bits per heavy atom. The largest absolute Gasteiger partial charge is 0.393 e. The van der Waals surface area contributed by atoms with Gasteiger partial charge in [0.2, 0.25) is 0 Å². The molecule has 13 heavy (non-hydrogen) atoms.